The predicted octanol–water partition coefficient (Wildman–Crippen LogP) is 1.28. The van der Waals surface area contributed by atoms with Crippen LogP contribution in [0.2, 0.25) is 0 Å². The Bertz CT molecular complexity index is 398. The normalized spacial score (nSPS) is 10.3. The molecule has 5 heteroatoms. The van der Waals surface area contributed by atoms with Crippen LogP contribution in [0.5, 0.6) is 0 Å². The minimum atomic E-state index is 0.730. The largest absolute Gasteiger partial charge is 0.336 e. The highest BCUT2D eigenvalue weighted by atomic mass is 32.2. The zero-order chi connectivity index (χ0) is 9.80. The fourth-order valence-electron chi connectivity index (χ4n) is 1.06. The molecule has 0 bridgehead atoms. The maximum Gasteiger partial charge on any atom is 0.209 e. The molecule has 2 aromatic rings. The van der Waals surface area contributed by atoms with Gasteiger partial charge in [-0.05, 0) is 5.56 Å². The van der Waals surface area contributed by atoms with Crippen molar-refractivity contribution in [2.45, 2.75) is 10.9 Å². The zero-order valence-corrected chi connectivity index (χ0v) is 8.31. The lowest BCUT2D eigenvalue weighted by atomic mass is 10.2. The van der Waals surface area contributed by atoms with E-state index in [1.807, 2.05) is 18.2 Å². The summed E-state index contributed by atoms with van der Waals surface area (Å²) in [6.45, 7) is 0. The number of benzene rings is 1. The minimum absolute atomic E-state index is 0.730. The van der Waals surface area contributed by atoms with E-state index >= 15 is 0 Å². The molecule has 0 spiro atoms. The van der Waals surface area contributed by atoms with Gasteiger partial charge in [-0.1, -0.05) is 42.1 Å². The molecule has 4 nitrogen and oxygen atoms in total. The van der Waals surface area contributed by atoms with Gasteiger partial charge in [-0.3, -0.25) is 0 Å². The van der Waals surface area contributed by atoms with E-state index in [1.54, 1.807) is 11.8 Å². The van der Waals surface area contributed by atoms with Gasteiger partial charge < -0.3 is 5.84 Å². The molecule has 2 rings (SSSR count). The summed E-state index contributed by atoms with van der Waals surface area (Å²) in [7, 11) is 0. The lowest BCUT2D eigenvalue weighted by molar-refractivity contribution is 0.846. The summed E-state index contributed by atoms with van der Waals surface area (Å²) < 4.78 is 1.42. The van der Waals surface area contributed by atoms with Crippen molar-refractivity contribution < 1.29 is 0 Å². The van der Waals surface area contributed by atoms with Gasteiger partial charge in [-0.25, -0.2) is 4.68 Å². The summed E-state index contributed by atoms with van der Waals surface area (Å²) in [5.41, 5.74) is 1.25. The first-order valence-electron chi connectivity index (χ1n) is 4.18. The van der Waals surface area contributed by atoms with E-state index in [0.717, 1.165) is 10.9 Å². The number of hydrogen-bond donors (Lipinski definition) is 1. The molecule has 0 aliphatic heterocycles. The van der Waals surface area contributed by atoms with Crippen LogP contribution in [0.15, 0.2) is 41.8 Å². The molecule has 0 unspecified atom stereocenters. The SMILES string of the molecule is Nn1cnnc1SCc1ccccc1. The summed E-state index contributed by atoms with van der Waals surface area (Å²) >= 11 is 1.57. The molecule has 1 aromatic carbocycles. The molecule has 1 aromatic heterocycles. The highest BCUT2D eigenvalue weighted by Crippen LogP contribution is 2.18. The number of rotatable bonds is 3. The third kappa shape index (κ3) is 2.05. The Morgan fingerprint density at radius 2 is 2.07 bits per heavy atom. The number of thioether (sulfide) groups is 1. The third-order valence-electron chi connectivity index (χ3n) is 1.75. The molecular formula is C9H10N4S. The standard InChI is InChI=1S/C9H10N4S/c10-13-7-11-12-9(13)14-6-8-4-2-1-3-5-8/h1-5,7H,6,10H2. The van der Waals surface area contributed by atoms with E-state index in [0.29, 0.717) is 0 Å². The monoisotopic (exact) mass is 206 g/mol. The van der Waals surface area contributed by atoms with Gasteiger partial charge in [0.1, 0.15) is 6.33 Å². The van der Waals surface area contributed by atoms with Crippen LogP contribution < -0.4 is 5.84 Å². The lowest BCUT2D eigenvalue weighted by Crippen LogP contribution is -2.07. The van der Waals surface area contributed by atoms with Crippen LogP contribution in [-0.2, 0) is 5.75 Å². The topological polar surface area (TPSA) is 56.7 Å². The van der Waals surface area contributed by atoms with Crippen molar-refractivity contribution in [2.24, 2.45) is 0 Å². The molecule has 0 amide bonds. The molecule has 0 aliphatic carbocycles. The first-order chi connectivity index (χ1) is 6.86. The van der Waals surface area contributed by atoms with Crippen molar-refractivity contribution in [3.63, 3.8) is 0 Å². The molecule has 0 atom stereocenters. The second-order valence-corrected chi connectivity index (χ2v) is 3.74. The smallest absolute Gasteiger partial charge is 0.209 e. The number of nitrogens with zero attached hydrogens (tertiary/aromatic N) is 3. The Labute approximate surface area is 86.1 Å². The molecule has 0 aliphatic rings. The molecule has 0 fully saturated rings. The van der Waals surface area contributed by atoms with E-state index in [9.17, 15) is 0 Å². The van der Waals surface area contributed by atoms with E-state index in [4.69, 9.17) is 5.84 Å². The second kappa shape index (κ2) is 4.15. The van der Waals surface area contributed by atoms with Gasteiger partial charge >= 0.3 is 0 Å². The Hall–Kier alpha value is -1.49. The van der Waals surface area contributed by atoms with Crippen LogP contribution in [0, 0.1) is 0 Å². The Kier molecular flexibility index (Phi) is 2.69. The maximum atomic E-state index is 5.58. The molecular weight excluding hydrogens is 196 g/mol. The van der Waals surface area contributed by atoms with E-state index in [1.165, 1.54) is 16.6 Å². The van der Waals surface area contributed by atoms with Crippen LogP contribution in [0.25, 0.3) is 0 Å². The van der Waals surface area contributed by atoms with Crippen LogP contribution in [0.3, 0.4) is 0 Å². The fourth-order valence-corrected chi connectivity index (χ4v) is 1.85. The van der Waals surface area contributed by atoms with E-state index in [2.05, 4.69) is 22.3 Å². The highest BCUT2D eigenvalue weighted by molar-refractivity contribution is 7.98. The van der Waals surface area contributed by atoms with Gasteiger partial charge in [0.05, 0.1) is 0 Å². The van der Waals surface area contributed by atoms with Crippen molar-refractivity contribution in [1.82, 2.24) is 14.9 Å². The Balaban J connectivity index is 1.99. The number of nitrogen functional groups attached to an aromatic ring is 1. The second-order valence-electron chi connectivity index (χ2n) is 2.80. The van der Waals surface area contributed by atoms with Gasteiger partial charge in [0.15, 0.2) is 0 Å². The van der Waals surface area contributed by atoms with Gasteiger partial charge in [0.25, 0.3) is 0 Å². The van der Waals surface area contributed by atoms with Gasteiger partial charge in [-0.2, -0.15) is 0 Å². The molecule has 2 N–H and O–H groups in total. The van der Waals surface area contributed by atoms with Crippen LogP contribution >= 0.6 is 11.8 Å². The summed E-state index contributed by atoms with van der Waals surface area (Å²) in [5.74, 6) is 6.43. The van der Waals surface area contributed by atoms with Gasteiger partial charge in [0, 0.05) is 5.75 Å². The Morgan fingerprint density at radius 1 is 1.29 bits per heavy atom. The average molecular weight is 206 g/mol. The molecule has 14 heavy (non-hydrogen) atoms. The first-order valence-corrected chi connectivity index (χ1v) is 5.16. The molecule has 72 valence electrons. The van der Waals surface area contributed by atoms with E-state index < -0.39 is 0 Å². The first kappa shape index (κ1) is 9.08. The van der Waals surface area contributed by atoms with Crippen molar-refractivity contribution in [2.75, 3.05) is 5.84 Å². The predicted molar refractivity (Wildman–Crippen MR) is 56.2 cm³/mol. The minimum Gasteiger partial charge on any atom is -0.336 e. The van der Waals surface area contributed by atoms with Crippen molar-refractivity contribution in [3.8, 4) is 0 Å². The summed E-state index contributed by atoms with van der Waals surface area (Å²) in [6, 6.07) is 10.2. The van der Waals surface area contributed by atoms with Crippen molar-refractivity contribution in [1.29, 1.82) is 0 Å². The number of aromatic nitrogens is 3. The van der Waals surface area contributed by atoms with Crippen molar-refractivity contribution >= 4 is 11.8 Å². The summed E-state index contributed by atoms with van der Waals surface area (Å²) in [5, 5.41) is 8.31. The molecule has 0 saturated carbocycles. The van der Waals surface area contributed by atoms with Gasteiger partial charge in [0.2, 0.25) is 5.16 Å². The maximum absolute atomic E-state index is 5.58. The number of nitrogens with two attached hydrogens (primary N) is 1. The van der Waals surface area contributed by atoms with E-state index in [-0.39, 0.29) is 0 Å². The summed E-state index contributed by atoms with van der Waals surface area (Å²) in [6.07, 6.45) is 1.49. The van der Waals surface area contributed by atoms with Crippen LogP contribution in [-0.4, -0.2) is 14.9 Å². The van der Waals surface area contributed by atoms with Gasteiger partial charge in [-0.15, -0.1) is 10.2 Å². The number of hydrogen-bond acceptors (Lipinski definition) is 4. The Morgan fingerprint density at radius 3 is 2.71 bits per heavy atom. The summed E-state index contributed by atoms with van der Waals surface area (Å²) in [4.78, 5) is 0. The lowest BCUT2D eigenvalue weighted by Gasteiger charge is -1.99. The third-order valence-corrected chi connectivity index (χ3v) is 2.78. The molecule has 1 heterocycles. The molecule has 0 saturated heterocycles. The fraction of sp³-hybridized carbons (Fsp3) is 0.111. The average Bonchev–Trinajstić information content (AvgIpc) is 2.63. The van der Waals surface area contributed by atoms with Crippen molar-refractivity contribution in [3.05, 3.63) is 42.2 Å². The zero-order valence-electron chi connectivity index (χ0n) is 7.50. The molecule has 0 radical (unpaired) electrons. The van der Waals surface area contributed by atoms with Crippen LogP contribution in [0.1, 0.15) is 5.56 Å². The quantitative estimate of drug-likeness (QED) is 0.607. The van der Waals surface area contributed by atoms with Crippen LogP contribution in [0.4, 0.5) is 0 Å². The highest BCUT2D eigenvalue weighted by Gasteiger charge is 2.01.